The molecule has 0 atom stereocenters. The molecule has 0 saturated carbocycles. The van der Waals surface area contributed by atoms with Crippen LogP contribution in [0.15, 0.2) is 47.7 Å². The number of fused-ring (bicyclic) bond motifs is 1. The van der Waals surface area contributed by atoms with Gasteiger partial charge in [0.25, 0.3) is 5.56 Å². The third-order valence-electron chi connectivity index (χ3n) is 4.42. The molecule has 0 aliphatic heterocycles. The van der Waals surface area contributed by atoms with Gasteiger partial charge in [0.1, 0.15) is 10.8 Å². The first kappa shape index (κ1) is 21.0. The summed E-state index contributed by atoms with van der Waals surface area (Å²) in [6, 6.07) is 7.11. The first-order valence-corrected chi connectivity index (χ1v) is 10.2. The average Bonchev–Trinajstić information content (AvgIpc) is 2.74. The second-order valence-corrected chi connectivity index (χ2v) is 7.82. The van der Waals surface area contributed by atoms with Gasteiger partial charge in [0, 0.05) is 36.9 Å². The topological polar surface area (TPSA) is 94.8 Å². The van der Waals surface area contributed by atoms with Gasteiger partial charge in [-0.25, -0.2) is 19.9 Å². The third-order valence-corrected chi connectivity index (χ3v) is 5.17. The second kappa shape index (κ2) is 8.49. The number of hydrogen-bond acceptors (Lipinski definition) is 7. The number of nitrogens with zero attached hydrogens (tertiary/aromatic N) is 5. The molecule has 158 valence electrons. The van der Waals surface area contributed by atoms with Crippen molar-refractivity contribution in [2.45, 2.75) is 19.9 Å². The molecule has 10 heteroatoms. The van der Waals surface area contributed by atoms with E-state index in [4.69, 9.17) is 27.9 Å². The summed E-state index contributed by atoms with van der Waals surface area (Å²) < 4.78 is 7.24. The minimum atomic E-state index is -0.200. The smallest absolute Gasteiger partial charge is 0.264 e. The maximum atomic E-state index is 12.8. The quantitative estimate of drug-likeness (QED) is 0.434. The molecule has 8 nitrogen and oxygen atoms in total. The Kier molecular flexibility index (Phi) is 5.75. The average molecular weight is 457 g/mol. The lowest BCUT2D eigenvalue weighted by atomic mass is 10.2. The molecule has 4 rings (SSSR count). The van der Waals surface area contributed by atoms with Crippen LogP contribution in [0.25, 0.3) is 22.3 Å². The third kappa shape index (κ3) is 4.30. The Hall–Kier alpha value is -3.23. The fourth-order valence-electron chi connectivity index (χ4n) is 2.92. The number of rotatable bonds is 5. The minimum Gasteiger partial charge on any atom is -0.454 e. The van der Waals surface area contributed by atoms with E-state index < -0.39 is 0 Å². The maximum Gasteiger partial charge on any atom is 0.264 e. The lowest BCUT2D eigenvalue weighted by molar-refractivity contribution is 0.481. The van der Waals surface area contributed by atoms with Crippen LogP contribution in [0.4, 0.5) is 5.95 Å². The van der Waals surface area contributed by atoms with Gasteiger partial charge < -0.3 is 10.1 Å². The van der Waals surface area contributed by atoms with Crippen molar-refractivity contribution in [1.82, 2.24) is 24.5 Å². The van der Waals surface area contributed by atoms with Crippen molar-refractivity contribution in [3.63, 3.8) is 0 Å². The Morgan fingerprint density at radius 3 is 2.68 bits per heavy atom. The molecule has 0 aromatic carbocycles. The van der Waals surface area contributed by atoms with Crippen molar-refractivity contribution < 1.29 is 4.74 Å². The van der Waals surface area contributed by atoms with Gasteiger partial charge in [-0.3, -0.25) is 9.36 Å². The van der Waals surface area contributed by atoms with Crippen LogP contribution in [0.5, 0.6) is 11.5 Å². The van der Waals surface area contributed by atoms with E-state index in [2.05, 4.69) is 25.3 Å². The van der Waals surface area contributed by atoms with Crippen molar-refractivity contribution in [3.05, 3.63) is 63.4 Å². The van der Waals surface area contributed by atoms with Gasteiger partial charge in [-0.15, -0.1) is 0 Å². The first-order chi connectivity index (χ1) is 14.8. The highest BCUT2D eigenvalue weighted by molar-refractivity contribution is 6.42. The van der Waals surface area contributed by atoms with Gasteiger partial charge in [-0.1, -0.05) is 23.2 Å². The van der Waals surface area contributed by atoms with Crippen molar-refractivity contribution in [2.24, 2.45) is 7.05 Å². The fraction of sp³-hybridized carbons (Fsp3) is 0.190. The first-order valence-electron chi connectivity index (χ1n) is 9.41. The summed E-state index contributed by atoms with van der Waals surface area (Å²) in [6.07, 6.45) is 4.55. The summed E-state index contributed by atoms with van der Waals surface area (Å²) in [6.45, 7) is 3.96. The van der Waals surface area contributed by atoms with Gasteiger partial charge in [-0.05, 0) is 32.0 Å². The monoisotopic (exact) mass is 456 g/mol. The van der Waals surface area contributed by atoms with Crippen LogP contribution < -0.4 is 15.6 Å². The van der Waals surface area contributed by atoms with Crippen LogP contribution >= 0.6 is 23.2 Å². The van der Waals surface area contributed by atoms with Gasteiger partial charge in [0.15, 0.2) is 16.5 Å². The zero-order valence-corrected chi connectivity index (χ0v) is 18.4. The molecule has 0 unspecified atom stereocenters. The van der Waals surface area contributed by atoms with Crippen LogP contribution in [0.1, 0.15) is 13.8 Å². The highest BCUT2D eigenvalue weighted by atomic mass is 35.5. The standard InChI is InChI=1S/C21H18Cl2N6O2/c1-11(2)27-21-26-10-14(20(30)29(21)3)15-5-4-12-8-13(9-25-19(12)28-15)31-16-6-7-24-18(23)17(16)22/h4-11H,1-3H3,(H,26,27). The molecule has 0 amide bonds. The van der Waals surface area contributed by atoms with Gasteiger partial charge in [-0.2, -0.15) is 0 Å². The van der Waals surface area contributed by atoms with Crippen molar-refractivity contribution in [2.75, 3.05) is 5.32 Å². The number of anilines is 1. The second-order valence-electron chi connectivity index (χ2n) is 7.09. The largest absolute Gasteiger partial charge is 0.454 e. The van der Waals surface area contributed by atoms with E-state index in [1.807, 2.05) is 19.9 Å². The molecule has 4 heterocycles. The molecule has 0 aliphatic carbocycles. The zero-order valence-electron chi connectivity index (χ0n) is 16.9. The summed E-state index contributed by atoms with van der Waals surface area (Å²) >= 11 is 12.0. The normalized spacial score (nSPS) is 11.2. The Morgan fingerprint density at radius 2 is 1.90 bits per heavy atom. The number of pyridine rings is 3. The predicted octanol–water partition coefficient (Wildman–Crippen LogP) is 4.70. The maximum absolute atomic E-state index is 12.8. The SMILES string of the molecule is CC(C)Nc1ncc(-c2ccc3cc(Oc4ccnc(Cl)c4Cl)cnc3n2)c(=O)n1C. The summed E-state index contributed by atoms with van der Waals surface area (Å²) in [7, 11) is 1.67. The molecular formula is C21H18Cl2N6O2. The molecule has 4 aromatic rings. The van der Waals surface area contributed by atoms with E-state index in [0.29, 0.717) is 34.4 Å². The molecule has 0 fully saturated rings. The van der Waals surface area contributed by atoms with Gasteiger partial charge in [0.05, 0.1) is 17.5 Å². The van der Waals surface area contributed by atoms with Crippen LogP contribution in [-0.4, -0.2) is 30.5 Å². The van der Waals surface area contributed by atoms with Crippen molar-refractivity contribution >= 4 is 40.2 Å². The van der Waals surface area contributed by atoms with E-state index in [1.54, 1.807) is 25.2 Å². The van der Waals surface area contributed by atoms with E-state index >= 15 is 0 Å². The number of nitrogens with one attached hydrogen (secondary N) is 1. The summed E-state index contributed by atoms with van der Waals surface area (Å²) in [5.41, 5.74) is 1.14. The van der Waals surface area contributed by atoms with Gasteiger partial charge >= 0.3 is 0 Å². The Balaban J connectivity index is 1.67. The highest BCUT2D eigenvalue weighted by Crippen LogP contribution is 2.33. The Bertz CT molecular complexity index is 1340. The Morgan fingerprint density at radius 1 is 1.10 bits per heavy atom. The number of aromatic nitrogens is 5. The van der Waals surface area contributed by atoms with Crippen molar-refractivity contribution in [1.29, 1.82) is 0 Å². The molecule has 0 aliphatic rings. The Labute approximate surface area is 187 Å². The van der Waals surface area contributed by atoms with Crippen molar-refractivity contribution in [3.8, 4) is 22.8 Å². The summed E-state index contributed by atoms with van der Waals surface area (Å²) in [5, 5.41) is 4.25. The van der Waals surface area contributed by atoms with E-state index in [1.165, 1.54) is 23.2 Å². The van der Waals surface area contributed by atoms with Gasteiger partial charge in [0.2, 0.25) is 5.95 Å². The lowest BCUT2D eigenvalue weighted by Crippen LogP contribution is -2.25. The van der Waals surface area contributed by atoms with Crippen LogP contribution in [-0.2, 0) is 7.05 Å². The predicted molar refractivity (Wildman–Crippen MR) is 121 cm³/mol. The molecule has 0 saturated heterocycles. The van der Waals surface area contributed by atoms with E-state index in [-0.39, 0.29) is 21.8 Å². The number of halogens is 2. The molecule has 0 spiro atoms. The van der Waals surface area contributed by atoms with Crippen LogP contribution in [0, 0.1) is 0 Å². The van der Waals surface area contributed by atoms with Crippen LogP contribution in [0.3, 0.4) is 0 Å². The van der Waals surface area contributed by atoms with E-state index in [9.17, 15) is 4.79 Å². The molecule has 0 radical (unpaired) electrons. The fourth-order valence-corrected chi connectivity index (χ4v) is 3.22. The summed E-state index contributed by atoms with van der Waals surface area (Å²) in [5.74, 6) is 1.34. The zero-order chi connectivity index (χ0) is 22.1. The number of ether oxygens (including phenoxy) is 1. The highest BCUT2D eigenvalue weighted by Gasteiger charge is 2.13. The minimum absolute atomic E-state index is 0.154. The molecule has 31 heavy (non-hydrogen) atoms. The lowest BCUT2D eigenvalue weighted by Gasteiger charge is -2.13. The summed E-state index contributed by atoms with van der Waals surface area (Å²) in [4.78, 5) is 29.9. The molecular weight excluding hydrogens is 439 g/mol. The number of hydrogen-bond donors (Lipinski definition) is 1. The van der Waals surface area contributed by atoms with E-state index in [0.717, 1.165) is 5.39 Å². The van der Waals surface area contributed by atoms with Crippen LogP contribution in [0.2, 0.25) is 10.2 Å². The molecule has 0 bridgehead atoms. The molecule has 1 N–H and O–H groups in total. The molecule has 4 aromatic heterocycles.